The highest BCUT2D eigenvalue weighted by molar-refractivity contribution is 6.07. The van der Waals surface area contributed by atoms with Gasteiger partial charge in [-0.05, 0) is 38.0 Å². The van der Waals surface area contributed by atoms with Gasteiger partial charge in [0.25, 0.3) is 0 Å². The molecule has 0 unspecified atom stereocenters. The SMILES string of the molecule is C=C1c2cc(C)cc(CC)c2N=C(c2ccccc2)N1C.CC.COCc1cc(C)ccc1N.FC(F)F. The molecular formula is C31H40F3N3O. The standard InChI is InChI=1S/C19H20N2.C9H13NO.C2H6.CHF3/c1-5-15-11-13(2)12-17-14(3)21(4)19(20-18(15)17)16-9-7-6-8-10-16;1-7-3-4-9(10)8(5-7)6-11-2;1-2;2-1(3)4/h6-12H,3,5H2,1-2,4H3;3-5H,6,10H2,1-2H3;1-2H3;1H. The van der Waals surface area contributed by atoms with Crippen LogP contribution < -0.4 is 5.73 Å². The second-order valence-electron chi connectivity index (χ2n) is 8.36. The number of rotatable bonds is 4. The molecule has 0 saturated heterocycles. The molecule has 0 radical (unpaired) electrons. The molecular weight excluding hydrogens is 487 g/mol. The second kappa shape index (κ2) is 16.3. The highest BCUT2D eigenvalue weighted by Crippen LogP contribution is 2.37. The average Bonchev–Trinajstić information content (AvgIpc) is 2.90. The van der Waals surface area contributed by atoms with E-state index in [1.165, 1.54) is 16.7 Å². The third-order valence-corrected chi connectivity index (χ3v) is 5.60. The van der Waals surface area contributed by atoms with Crippen molar-refractivity contribution in [1.82, 2.24) is 4.90 Å². The van der Waals surface area contributed by atoms with Crippen molar-refractivity contribution in [1.29, 1.82) is 0 Å². The summed E-state index contributed by atoms with van der Waals surface area (Å²) in [4.78, 5) is 7.02. The number of hydrogen-bond donors (Lipinski definition) is 1. The van der Waals surface area contributed by atoms with Gasteiger partial charge in [0.15, 0.2) is 0 Å². The number of anilines is 1. The molecule has 3 aromatic rings. The lowest BCUT2D eigenvalue weighted by Gasteiger charge is -2.30. The van der Waals surface area contributed by atoms with Gasteiger partial charge in [-0.1, -0.05) is 87.0 Å². The number of aliphatic imine (C=N–C) groups is 1. The lowest BCUT2D eigenvalue weighted by Crippen LogP contribution is -2.28. The van der Waals surface area contributed by atoms with Crippen molar-refractivity contribution in [3.05, 3.63) is 101 Å². The van der Waals surface area contributed by atoms with Gasteiger partial charge in [-0.3, -0.25) is 0 Å². The van der Waals surface area contributed by atoms with Crippen LogP contribution in [0.5, 0.6) is 0 Å². The zero-order chi connectivity index (χ0) is 28.8. The molecule has 0 bridgehead atoms. The van der Waals surface area contributed by atoms with Crippen LogP contribution in [0.25, 0.3) is 5.70 Å². The number of halogens is 3. The normalized spacial score (nSPS) is 11.7. The van der Waals surface area contributed by atoms with Gasteiger partial charge in [0.05, 0.1) is 12.3 Å². The monoisotopic (exact) mass is 527 g/mol. The van der Waals surface area contributed by atoms with Crippen LogP contribution in [0, 0.1) is 13.8 Å². The summed E-state index contributed by atoms with van der Waals surface area (Å²) in [5.41, 5.74) is 15.7. The summed E-state index contributed by atoms with van der Waals surface area (Å²) in [6.45, 7) is 11.5. The fraction of sp³-hybridized carbons (Fsp3) is 0.323. The quantitative estimate of drug-likeness (QED) is 0.346. The molecule has 1 aliphatic heterocycles. The highest BCUT2D eigenvalue weighted by atomic mass is 19.4. The van der Waals surface area contributed by atoms with E-state index in [4.69, 9.17) is 15.5 Å². The summed E-state index contributed by atoms with van der Waals surface area (Å²) in [7, 11) is 3.70. The molecule has 206 valence electrons. The average molecular weight is 528 g/mol. The predicted octanol–water partition coefficient (Wildman–Crippen LogP) is 8.48. The molecule has 1 aliphatic rings. The van der Waals surface area contributed by atoms with Gasteiger partial charge in [-0.15, -0.1) is 0 Å². The first-order chi connectivity index (χ1) is 18.1. The number of ether oxygens (including phenoxy) is 1. The van der Waals surface area contributed by atoms with E-state index in [0.29, 0.717) is 6.61 Å². The number of aryl methyl sites for hydroxylation is 3. The van der Waals surface area contributed by atoms with Gasteiger partial charge in [0.1, 0.15) is 5.84 Å². The van der Waals surface area contributed by atoms with E-state index < -0.39 is 6.68 Å². The first-order valence-electron chi connectivity index (χ1n) is 12.6. The van der Waals surface area contributed by atoms with E-state index in [1.54, 1.807) is 7.11 Å². The van der Waals surface area contributed by atoms with E-state index in [9.17, 15) is 13.2 Å². The van der Waals surface area contributed by atoms with E-state index >= 15 is 0 Å². The molecule has 38 heavy (non-hydrogen) atoms. The predicted molar refractivity (Wildman–Crippen MR) is 155 cm³/mol. The largest absolute Gasteiger partial charge is 0.398 e. The number of nitrogens with zero attached hydrogens (tertiary/aromatic N) is 2. The van der Waals surface area contributed by atoms with Crippen LogP contribution in [0.15, 0.2) is 72.2 Å². The number of hydrogen-bond acceptors (Lipinski definition) is 4. The number of fused-ring (bicyclic) bond motifs is 1. The molecule has 4 nitrogen and oxygen atoms in total. The molecule has 7 heteroatoms. The molecule has 0 amide bonds. The smallest absolute Gasteiger partial charge is 0.379 e. The summed E-state index contributed by atoms with van der Waals surface area (Å²) in [6, 6.07) is 20.6. The summed E-state index contributed by atoms with van der Waals surface area (Å²) in [6.07, 6.45) is 0.979. The maximum absolute atomic E-state index is 9.67. The zero-order valence-electron chi connectivity index (χ0n) is 23.5. The Kier molecular flexibility index (Phi) is 13.9. The Labute approximate surface area is 225 Å². The summed E-state index contributed by atoms with van der Waals surface area (Å²) >= 11 is 0. The number of nitrogens with two attached hydrogens (primary N) is 1. The Morgan fingerprint density at radius 3 is 2.08 bits per heavy atom. The number of methoxy groups -OCH3 is 1. The van der Waals surface area contributed by atoms with Crippen molar-refractivity contribution in [2.45, 2.75) is 54.3 Å². The van der Waals surface area contributed by atoms with Crippen molar-refractivity contribution in [3.63, 3.8) is 0 Å². The topological polar surface area (TPSA) is 50.8 Å². The lowest BCUT2D eigenvalue weighted by atomic mass is 9.97. The molecule has 0 aromatic heterocycles. The van der Waals surface area contributed by atoms with Crippen LogP contribution in [0.4, 0.5) is 24.5 Å². The maximum Gasteiger partial charge on any atom is 0.379 e. The van der Waals surface area contributed by atoms with E-state index in [-0.39, 0.29) is 0 Å². The van der Waals surface area contributed by atoms with Crippen molar-refractivity contribution in [2.24, 2.45) is 4.99 Å². The summed E-state index contributed by atoms with van der Waals surface area (Å²) < 4.78 is 34.0. The number of nitrogen functional groups attached to an aromatic ring is 1. The number of amidine groups is 1. The molecule has 4 rings (SSSR count). The van der Waals surface area contributed by atoms with Gasteiger partial charge in [0.2, 0.25) is 0 Å². The molecule has 0 atom stereocenters. The van der Waals surface area contributed by atoms with Gasteiger partial charge < -0.3 is 15.4 Å². The first-order valence-corrected chi connectivity index (χ1v) is 12.6. The Balaban J connectivity index is 0.000000357. The van der Waals surface area contributed by atoms with Crippen molar-refractivity contribution in [3.8, 4) is 0 Å². The highest BCUT2D eigenvalue weighted by Gasteiger charge is 2.23. The third kappa shape index (κ3) is 9.38. The Morgan fingerprint density at radius 1 is 0.947 bits per heavy atom. The molecule has 3 aromatic carbocycles. The lowest BCUT2D eigenvalue weighted by molar-refractivity contribution is 0.00819. The van der Waals surface area contributed by atoms with Gasteiger partial charge in [-0.2, -0.15) is 13.2 Å². The number of benzene rings is 3. The fourth-order valence-corrected chi connectivity index (χ4v) is 3.83. The van der Waals surface area contributed by atoms with Crippen LogP contribution in [-0.4, -0.2) is 31.6 Å². The van der Waals surface area contributed by atoms with E-state index in [0.717, 1.165) is 46.0 Å². The molecule has 2 N–H and O–H groups in total. The van der Waals surface area contributed by atoms with Crippen LogP contribution in [0.3, 0.4) is 0 Å². The van der Waals surface area contributed by atoms with Gasteiger partial charge in [-0.25, -0.2) is 4.99 Å². The van der Waals surface area contributed by atoms with Crippen molar-refractivity contribution >= 4 is 22.9 Å². The van der Waals surface area contributed by atoms with Gasteiger partial charge in [0, 0.05) is 42.2 Å². The molecule has 1 heterocycles. The van der Waals surface area contributed by atoms with E-state index in [1.807, 2.05) is 64.2 Å². The van der Waals surface area contributed by atoms with Crippen LogP contribution >= 0.6 is 0 Å². The first kappa shape index (κ1) is 32.4. The van der Waals surface area contributed by atoms with E-state index in [2.05, 4.69) is 49.6 Å². The third-order valence-electron chi connectivity index (χ3n) is 5.60. The van der Waals surface area contributed by atoms with Crippen LogP contribution in [0.1, 0.15) is 54.2 Å². The Morgan fingerprint density at radius 2 is 1.53 bits per heavy atom. The number of alkyl halides is 3. The summed E-state index contributed by atoms with van der Waals surface area (Å²) in [5.74, 6) is 0.964. The molecule has 0 aliphatic carbocycles. The minimum absolute atomic E-state index is 0.591. The molecule has 0 saturated carbocycles. The fourth-order valence-electron chi connectivity index (χ4n) is 3.83. The maximum atomic E-state index is 9.67. The zero-order valence-corrected chi connectivity index (χ0v) is 23.5. The molecule has 0 spiro atoms. The minimum atomic E-state index is -3.67. The van der Waals surface area contributed by atoms with Crippen molar-refractivity contribution in [2.75, 3.05) is 19.9 Å². The van der Waals surface area contributed by atoms with Crippen LogP contribution in [-0.2, 0) is 17.8 Å². The molecule has 0 fully saturated rings. The second-order valence-corrected chi connectivity index (χ2v) is 8.36. The van der Waals surface area contributed by atoms with Gasteiger partial charge >= 0.3 is 6.68 Å². The Hall–Kier alpha value is -3.58. The van der Waals surface area contributed by atoms with Crippen LogP contribution in [0.2, 0.25) is 0 Å². The summed E-state index contributed by atoms with van der Waals surface area (Å²) in [5, 5.41) is 0. The van der Waals surface area contributed by atoms with Crippen molar-refractivity contribution < 1.29 is 17.9 Å². The Bertz CT molecular complexity index is 1190. The minimum Gasteiger partial charge on any atom is -0.398 e.